The van der Waals surface area contributed by atoms with Crippen LogP contribution in [0.25, 0.3) is 17.4 Å². The van der Waals surface area contributed by atoms with Crippen molar-refractivity contribution in [3.05, 3.63) is 89.7 Å². The molecule has 1 aromatic heterocycles. The minimum atomic E-state index is -0.427. The summed E-state index contributed by atoms with van der Waals surface area (Å²) in [7, 11) is 1.34. The number of benzene rings is 2. The third kappa shape index (κ3) is 3.75. The molecular weight excluding hydrogens is 316 g/mol. The van der Waals surface area contributed by atoms with Crippen LogP contribution < -0.4 is 0 Å². The van der Waals surface area contributed by atoms with Crippen LogP contribution in [-0.4, -0.2) is 18.9 Å². The van der Waals surface area contributed by atoms with Crippen LogP contribution in [0.2, 0.25) is 0 Å². The van der Waals surface area contributed by atoms with Crippen LogP contribution in [0.5, 0.6) is 0 Å². The molecule has 0 saturated heterocycles. The van der Waals surface area contributed by atoms with Crippen molar-refractivity contribution in [3.8, 4) is 11.3 Å². The molecule has 0 fully saturated rings. The Bertz CT molecular complexity index is 920. The van der Waals surface area contributed by atoms with Crippen LogP contribution in [0, 0.1) is 0 Å². The van der Waals surface area contributed by atoms with Crippen molar-refractivity contribution in [3.63, 3.8) is 0 Å². The topological polar surface area (TPSA) is 56.5 Å². The molecule has 4 heteroatoms. The van der Waals surface area contributed by atoms with Gasteiger partial charge in [0.25, 0.3) is 0 Å². The normalized spacial score (nSPS) is 10.8. The van der Waals surface area contributed by atoms with Gasteiger partial charge >= 0.3 is 5.97 Å². The van der Waals surface area contributed by atoms with E-state index in [2.05, 4.69) is 0 Å². The third-order valence-electron chi connectivity index (χ3n) is 3.68. The molecule has 25 heavy (non-hydrogen) atoms. The van der Waals surface area contributed by atoms with Gasteiger partial charge in [-0.25, -0.2) is 4.79 Å². The molecule has 4 nitrogen and oxygen atoms in total. The van der Waals surface area contributed by atoms with Crippen LogP contribution in [0.1, 0.15) is 26.5 Å². The van der Waals surface area contributed by atoms with E-state index in [9.17, 15) is 9.59 Å². The lowest BCUT2D eigenvalue weighted by molar-refractivity contribution is 0.0601. The summed E-state index contributed by atoms with van der Waals surface area (Å²) >= 11 is 0. The predicted molar refractivity (Wildman–Crippen MR) is 95.3 cm³/mol. The number of carbonyl (C=O) groups excluding carboxylic acids is 2. The standard InChI is InChI=1S/C21H16O4/c1-24-21(23)18-10-6-5-9-17(18)20-14-12-16(25-20)11-13-19(22)15-7-3-2-4-8-15/h2-14H,1H3/b13-11+. The molecule has 0 atom stereocenters. The number of hydrogen-bond donors (Lipinski definition) is 0. The van der Waals surface area contributed by atoms with Gasteiger partial charge in [0.2, 0.25) is 0 Å². The Morgan fingerprint density at radius 1 is 0.920 bits per heavy atom. The number of furan rings is 1. The van der Waals surface area contributed by atoms with Gasteiger partial charge < -0.3 is 9.15 Å². The number of allylic oxidation sites excluding steroid dienone is 1. The van der Waals surface area contributed by atoms with E-state index in [1.807, 2.05) is 24.3 Å². The van der Waals surface area contributed by atoms with E-state index in [4.69, 9.17) is 9.15 Å². The number of carbonyl (C=O) groups is 2. The Hall–Kier alpha value is -3.40. The molecule has 124 valence electrons. The maximum Gasteiger partial charge on any atom is 0.338 e. The zero-order chi connectivity index (χ0) is 17.6. The van der Waals surface area contributed by atoms with Gasteiger partial charge in [-0.05, 0) is 30.4 Å². The van der Waals surface area contributed by atoms with Gasteiger partial charge in [0, 0.05) is 11.1 Å². The molecule has 0 unspecified atom stereocenters. The maximum atomic E-state index is 12.1. The third-order valence-corrected chi connectivity index (χ3v) is 3.68. The van der Waals surface area contributed by atoms with Crippen LogP contribution >= 0.6 is 0 Å². The Balaban J connectivity index is 1.83. The molecule has 0 N–H and O–H groups in total. The molecule has 0 radical (unpaired) electrons. The smallest absolute Gasteiger partial charge is 0.338 e. The fraction of sp³-hybridized carbons (Fsp3) is 0.0476. The Morgan fingerprint density at radius 3 is 2.40 bits per heavy atom. The highest BCUT2D eigenvalue weighted by Crippen LogP contribution is 2.27. The van der Waals surface area contributed by atoms with E-state index in [-0.39, 0.29) is 5.78 Å². The number of ketones is 1. The van der Waals surface area contributed by atoms with Crippen LogP contribution in [0.4, 0.5) is 0 Å². The molecule has 0 amide bonds. The molecule has 3 rings (SSSR count). The van der Waals surface area contributed by atoms with Crippen molar-refractivity contribution < 1.29 is 18.7 Å². The van der Waals surface area contributed by atoms with Crippen molar-refractivity contribution in [2.45, 2.75) is 0 Å². The van der Waals surface area contributed by atoms with Gasteiger partial charge in [-0.15, -0.1) is 0 Å². The monoisotopic (exact) mass is 332 g/mol. The van der Waals surface area contributed by atoms with E-state index in [1.54, 1.807) is 48.5 Å². The molecule has 0 aliphatic carbocycles. The van der Waals surface area contributed by atoms with Crippen LogP contribution in [0.3, 0.4) is 0 Å². The van der Waals surface area contributed by atoms with Gasteiger partial charge in [0.1, 0.15) is 11.5 Å². The second-order valence-electron chi connectivity index (χ2n) is 5.30. The van der Waals surface area contributed by atoms with Crippen molar-refractivity contribution >= 4 is 17.8 Å². The lowest BCUT2D eigenvalue weighted by Crippen LogP contribution is -2.02. The van der Waals surface area contributed by atoms with Gasteiger partial charge in [-0.2, -0.15) is 0 Å². The Morgan fingerprint density at radius 2 is 1.64 bits per heavy atom. The second kappa shape index (κ2) is 7.45. The van der Waals surface area contributed by atoms with E-state index in [0.717, 1.165) is 0 Å². The first kappa shape index (κ1) is 16.5. The van der Waals surface area contributed by atoms with Gasteiger partial charge in [-0.3, -0.25) is 4.79 Å². The highest BCUT2D eigenvalue weighted by molar-refractivity contribution is 6.06. The molecule has 3 aromatic rings. The number of methoxy groups -OCH3 is 1. The zero-order valence-electron chi connectivity index (χ0n) is 13.6. The van der Waals surface area contributed by atoms with E-state index < -0.39 is 5.97 Å². The number of esters is 1. The second-order valence-corrected chi connectivity index (χ2v) is 5.30. The SMILES string of the molecule is COC(=O)c1ccccc1-c1ccc(/C=C/C(=O)c2ccccc2)o1. The fourth-order valence-electron chi connectivity index (χ4n) is 2.43. The highest BCUT2D eigenvalue weighted by Gasteiger charge is 2.14. The van der Waals surface area contributed by atoms with E-state index >= 15 is 0 Å². The summed E-state index contributed by atoms with van der Waals surface area (Å²) in [5.41, 5.74) is 1.68. The molecule has 0 spiro atoms. The minimum Gasteiger partial charge on any atom is -0.465 e. The molecule has 0 bridgehead atoms. The first-order chi connectivity index (χ1) is 12.2. The summed E-state index contributed by atoms with van der Waals surface area (Å²) < 4.78 is 10.5. The first-order valence-corrected chi connectivity index (χ1v) is 7.74. The number of hydrogen-bond acceptors (Lipinski definition) is 4. The first-order valence-electron chi connectivity index (χ1n) is 7.74. The lowest BCUT2D eigenvalue weighted by Gasteiger charge is -2.04. The van der Waals surface area contributed by atoms with Crippen molar-refractivity contribution in [2.24, 2.45) is 0 Å². The molecule has 0 aliphatic heterocycles. The van der Waals surface area contributed by atoms with Crippen LogP contribution in [-0.2, 0) is 4.74 Å². The maximum absolute atomic E-state index is 12.1. The van der Waals surface area contributed by atoms with Crippen molar-refractivity contribution in [2.75, 3.05) is 7.11 Å². The number of rotatable bonds is 5. The zero-order valence-corrected chi connectivity index (χ0v) is 13.6. The molecule has 0 aliphatic rings. The summed E-state index contributed by atoms with van der Waals surface area (Å²) in [4.78, 5) is 24.0. The summed E-state index contributed by atoms with van der Waals surface area (Å²) in [5, 5.41) is 0. The van der Waals surface area contributed by atoms with Crippen LogP contribution in [0.15, 0.2) is 77.2 Å². The number of ether oxygens (including phenoxy) is 1. The fourth-order valence-corrected chi connectivity index (χ4v) is 2.43. The summed E-state index contributed by atoms with van der Waals surface area (Å²) in [5.74, 6) is 0.531. The Kier molecular flexibility index (Phi) is 4.90. The van der Waals surface area contributed by atoms with Crippen molar-refractivity contribution in [1.29, 1.82) is 0 Å². The van der Waals surface area contributed by atoms with E-state index in [0.29, 0.717) is 28.2 Å². The van der Waals surface area contributed by atoms with Gasteiger partial charge in [-0.1, -0.05) is 48.5 Å². The van der Waals surface area contributed by atoms with Gasteiger partial charge in [0.05, 0.1) is 12.7 Å². The largest absolute Gasteiger partial charge is 0.465 e. The molecule has 2 aromatic carbocycles. The van der Waals surface area contributed by atoms with E-state index in [1.165, 1.54) is 13.2 Å². The molecular formula is C21H16O4. The summed E-state index contributed by atoms with van der Waals surface area (Å²) in [6.07, 6.45) is 3.07. The lowest BCUT2D eigenvalue weighted by atomic mass is 10.1. The average Bonchev–Trinajstić information content (AvgIpc) is 3.15. The predicted octanol–water partition coefficient (Wildman–Crippen LogP) is 4.63. The molecule has 0 saturated carbocycles. The quantitative estimate of drug-likeness (QED) is 0.388. The van der Waals surface area contributed by atoms with Crippen molar-refractivity contribution in [1.82, 2.24) is 0 Å². The highest BCUT2D eigenvalue weighted by atomic mass is 16.5. The summed E-state index contributed by atoms with van der Waals surface area (Å²) in [6.45, 7) is 0. The van der Waals surface area contributed by atoms with Gasteiger partial charge in [0.15, 0.2) is 5.78 Å². The molecule has 1 heterocycles. The minimum absolute atomic E-state index is 0.103. The average molecular weight is 332 g/mol. The summed E-state index contributed by atoms with van der Waals surface area (Å²) in [6, 6.07) is 19.6. The Labute approximate surface area is 145 Å².